The van der Waals surface area contributed by atoms with Gasteiger partial charge in [0.2, 0.25) is 5.03 Å². The van der Waals surface area contributed by atoms with Gasteiger partial charge in [-0.1, -0.05) is 5.21 Å². The summed E-state index contributed by atoms with van der Waals surface area (Å²) in [7, 11) is -2.79. The molecular formula is C6H10BrF2N5O2S. The van der Waals surface area contributed by atoms with Crippen LogP contribution >= 0.6 is 15.9 Å². The van der Waals surface area contributed by atoms with Crippen molar-refractivity contribution in [2.24, 2.45) is 12.8 Å². The number of nitrogens with one attached hydrogen (secondary N) is 1. The maximum Gasteiger partial charge on any atom is 0.273 e. The van der Waals surface area contributed by atoms with Crippen LogP contribution in [-0.2, 0) is 17.1 Å². The lowest BCUT2D eigenvalue weighted by molar-refractivity contribution is 0.0170. The maximum atomic E-state index is 12.8. The molecule has 0 radical (unpaired) electrons. The van der Waals surface area contributed by atoms with E-state index in [1.165, 1.54) is 7.05 Å². The Morgan fingerprint density at radius 1 is 1.59 bits per heavy atom. The van der Waals surface area contributed by atoms with Gasteiger partial charge in [-0.05, 0) is 15.9 Å². The van der Waals surface area contributed by atoms with Crippen molar-refractivity contribution in [3.63, 3.8) is 0 Å². The molecule has 1 aromatic rings. The lowest BCUT2D eigenvalue weighted by Gasteiger charge is -2.14. The average molecular weight is 334 g/mol. The van der Waals surface area contributed by atoms with E-state index >= 15 is 0 Å². The molecule has 11 heteroatoms. The summed E-state index contributed by atoms with van der Waals surface area (Å²) < 4.78 is 51.7. The van der Waals surface area contributed by atoms with Crippen molar-refractivity contribution in [2.45, 2.75) is 10.9 Å². The molecule has 3 N–H and O–H groups in total. The number of nitrogens with two attached hydrogens (primary N) is 1. The molecule has 7 nitrogen and oxygen atoms in total. The van der Waals surface area contributed by atoms with Gasteiger partial charge >= 0.3 is 0 Å². The lowest BCUT2D eigenvalue weighted by Crippen LogP contribution is -2.41. The van der Waals surface area contributed by atoms with E-state index in [9.17, 15) is 17.2 Å². The minimum absolute atomic E-state index is 0.0523. The van der Waals surface area contributed by atoms with Crippen LogP contribution in [0.15, 0.2) is 9.63 Å². The Hall–Kier alpha value is -0.650. The maximum absolute atomic E-state index is 12.8. The van der Waals surface area contributed by atoms with Crippen LogP contribution in [0.5, 0.6) is 0 Å². The zero-order valence-electron chi connectivity index (χ0n) is 8.69. The molecule has 98 valence electrons. The summed E-state index contributed by atoms with van der Waals surface area (Å²) in [5.74, 6) is -3.30. The molecule has 0 aliphatic carbocycles. The van der Waals surface area contributed by atoms with Gasteiger partial charge in [-0.2, -0.15) is 0 Å². The van der Waals surface area contributed by atoms with Crippen molar-refractivity contribution in [3.05, 3.63) is 4.60 Å². The molecule has 0 saturated heterocycles. The second-order valence-electron chi connectivity index (χ2n) is 3.19. The highest BCUT2D eigenvalue weighted by atomic mass is 79.9. The monoisotopic (exact) mass is 333 g/mol. The van der Waals surface area contributed by atoms with Crippen LogP contribution in [0.25, 0.3) is 0 Å². The predicted octanol–water partition coefficient (Wildman–Crippen LogP) is -0.550. The van der Waals surface area contributed by atoms with Gasteiger partial charge in [0.15, 0.2) is 4.60 Å². The Morgan fingerprint density at radius 3 is 2.59 bits per heavy atom. The molecule has 0 saturated carbocycles. The van der Waals surface area contributed by atoms with Crippen LogP contribution in [-0.4, -0.2) is 42.4 Å². The Labute approximate surface area is 105 Å². The molecule has 0 aliphatic heterocycles. The highest BCUT2D eigenvalue weighted by molar-refractivity contribution is 9.10. The van der Waals surface area contributed by atoms with E-state index in [2.05, 4.69) is 26.2 Å². The number of nitrogens with zero attached hydrogens (tertiary/aromatic N) is 3. The third kappa shape index (κ3) is 3.40. The lowest BCUT2D eigenvalue weighted by atomic mass is 10.3. The molecule has 0 unspecified atom stereocenters. The minimum atomic E-state index is -4.12. The minimum Gasteiger partial charge on any atom is -0.325 e. The van der Waals surface area contributed by atoms with Gasteiger partial charge in [0.05, 0.1) is 13.1 Å². The fourth-order valence-corrected chi connectivity index (χ4v) is 3.10. The van der Waals surface area contributed by atoms with Crippen LogP contribution in [0.2, 0.25) is 0 Å². The fraction of sp³-hybridized carbons (Fsp3) is 0.667. The number of hydrogen-bond acceptors (Lipinski definition) is 5. The van der Waals surface area contributed by atoms with E-state index in [-0.39, 0.29) is 9.63 Å². The van der Waals surface area contributed by atoms with E-state index in [0.29, 0.717) is 0 Å². The predicted molar refractivity (Wildman–Crippen MR) is 57.9 cm³/mol. The normalized spacial score (nSPS) is 13.0. The van der Waals surface area contributed by atoms with E-state index in [0.717, 1.165) is 4.68 Å². The molecule has 0 amide bonds. The second kappa shape index (κ2) is 4.92. The van der Waals surface area contributed by atoms with Crippen molar-refractivity contribution >= 4 is 26.0 Å². The number of aryl methyl sites for hydroxylation is 1. The van der Waals surface area contributed by atoms with Gasteiger partial charge in [0.1, 0.15) is 0 Å². The summed E-state index contributed by atoms with van der Waals surface area (Å²) in [6, 6.07) is 0. The molecule has 1 aromatic heterocycles. The third-order valence-electron chi connectivity index (χ3n) is 1.81. The summed E-state index contributed by atoms with van der Waals surface area (Å²) in [6.45, 7) is -2.02. The first-order valence-corrected chi connectivity index (χ1v) is 6.60. The van der Waals surface area contributed by atoms with E-state index in [1.54, 1.807) is 4.72 Å². The summed E-state index contributed by atoms with van der Waals surface area (Å²) >= 11 is 2.86. The highest BCUT2D eigenvalue weighted by Gasteiger charge is 2.31. The van der Waals surface area contributed by atoms with Crippen LogP contribution in [0.4, 0.5) is 8.78 Å². The second-order valence-corrected chi connectivity index (χ2v) is 5.63. The number of aromatic nitrogens is 3. The first-order chi connectivity index (χ1) is 7.69. The van der Waals surface area contributed by atoms with Crippen molar-refractivity contribution in [3.8, 4) is 0 Å². The zero-order chi connectivity index (χ0) is 13.3. The first-order valence-electron chi connectivity index (χ1n) is 4.32. The van der Waals surface area contributed by atoms with Crippen LogP contribution in [0.1, 0.15) is 0 Å². The molecule has 0 fully saturated rings. The quantitative estimate of drug-likeness (QED) is 0.752. The van der Waals surface area contributed by atoms with Crippen LogP contribution in [0.3, 0.4) is 0 Å². The van der Waals surface area contributed by atoms with Gasteiger partial charge < -0.3 is 5.73 Å². The summed E-state index contributed by atoms with van der Waals surface area (Å²) in [5, 5.41) is 6.55. The van der Waals surface area contributed by atoms with Crippen molar-refractivity contribution < 1.29 is 17.2 Å². The molecular weight excluding hydrogens is 324 g/mol. The largest absolute Gasteiger partial charge is 0.325 e. The van der Waals surface area contributed by atoms with Gasteiger partial charge in [-0.3, -0.25) is 0 Å². The van der Waals surface area contributed by atoms with Gasteiger partial charge in [-0.25, -0.2) is 26.6 Å². The smallest absolute Gasteiger partial charge is 0.273 e. The van der Waals surface area contributed by atoms with Gasteiger partial charge in [0.25, 0.3) is 15.9 Å². The number of halogens is 3. The fourth-order valence-electron chi connectivity index (χ4n) is 0.949. The highest BCUT2D eigenvalue weighted by Crippen LogP contribution is 2.18. The SMILES string of the molecule is Cn1nnc(Br)c1S(=O)(=O)NCC(F)(F)CN. The van der Waals surface area contributed by atoms with E-state index in [1.807, 2.05) is 0 Å². The molecule has 17 heavy (non-hydrogen) atoms. The number of rotatable bonds is 5. The molecule has 0 atom stereocenters. The summed E-state index contributed by atoms with van der Waals surface area (Å²) in [5.41, 5.74) is 4.79. The number of sulfonamides is 1. The van der Waals surface area contributed by atoms with Gasteiger partial charge in [0, 0.05) is 7.05 Å². The van der Waals surface area contributed by atoms with Crippen molar-refractivity contribution in [1.29, 1.82) is 0 Å². The van der Waals surface area contributed by atoms with Crippen LogP contribution < -0.4 is 10.5 Å². The topological polar surface area (TPSA) is 103 Å². The molecule has 0 spiro atoms. The Morgan fingerprint density at radius 2 is 2.18 bits per heavy atom. The zero-order valence-corrected chi connectivity index (χ0v) is 11.1. The standard InChI is InChI=1S/C6H10BrF2N5O2S/c1-14-5(4(7)12-13-14)17(15,16)11-3-6(8,9)2-10/h11H,2-3,10H2,1H3. The van der Waals surface area contributed by atoms with E-state index < -0.39 is 29.0 Å². The Balaban J connectivity index is 2.91. The molecule has 0 aliphatic rings. The first kappa shape index (κ1) is 14.4. The number of alkyl halides is 2. The third-order valence-corrected chi connectivity index (χ3v) is 4.10. The van der Waals surface area contributed by atoms with Crippen molar-refractivity contribution in [1.82, 2.24) is 19.7 Å². The van der Waals surface area contributed by atoms with Gasteiger partial charge in [-0.15, -0.1) is 5.10 Å². The Kier molecular flexibility index (Phi) is 4.17. The average Bonchev–Trinajstić information content (AvgIpc) is 2.57. The molecule has 1 heterocycles. The molecule has 1 rings (SSSR count). The van der Waals surface area contributed by atoms with Crippen LogP contribution in [0, 0.1) is 0 Å². The Bertz CT molecular complexity index is 483. The summed E-state index contributed by atoms with van der Waals surface area (Å²) in [6.07, 6.45) is 0. The van der Waals surface area contributed by atoms with Crippen molar-refractivity contribution in [2.75, 3.05) is 13.1 Å². The number of hydrogen-bond donors (Lipinski definition) is 2. The molecule has 0 bridgehead atoms. The summed E-state index contributed by atoms with van der Waals surface area (Å²) in [4.78, 5) is 0. The van der Waals surface area contributed by atoms with E-state index in [4.69, 9.17) is 5.73 Å². The molecule has 0 aromatic carbocycles.